The molecule has 1 N–H and O–H groups in total. The normalized spacial score (nSPS) is 14.9. The first-order valence-corrected chi connectivity index (χ1v) is 5.99. The van der Waals surface area contributed by atoms with Gasteiger partial charge < -0.3 is 10.1 Å². The first-order valence-electron chi connectivity index (χ1n) is 5.99. The molecule has 92 valence electrons. The van der Waals surface area contributed by atoms with Gasteiger partial charge in [-0.1, -0.05) is 12.1 Å². The summed E-state index contributed by atoms with van der Waals surface area (Å²) >= 11 is 0. The Balaban J connectivity index is 1.92. The van der Waals surface area contributed by atoms with E-state index in [0.29, 0.717) is 24.8 Å². The predicted molar refractivity (Wildman–Crippen MR) is 66.1 cm³/mol. The highest BCUT2D eigenvalue weighted by molar-refractivity contribution is 5.24. The van der Waals surface area contributed by atoms with E-state index in [0.717, 1.165) is 12.1 Å². The summed E-state index contributed by atoms with van der Waals surface area (Å²) < 4.78 is 18.7. The molecule has 0 spiro atoms. The predicted octanol–water partition coefficient (Wildman–Crippen LogP) is 2.78. The molecule has 0 heterocycles. The number of nitrogens with one attached hydrogen (secondary N) is 1. The van der Waals surface area contributed by atoms with Crippen molar-refractivity contribution in [3.63, 3.8) is 0 Å². The minimum atomic E-state index is -0.204. The first kappa shape index (κ1) is 12.3. The van der Waals surface area contributed by atoms with Gasteiger partial charge in [0.2, 0.25) is 0 Å². The van der Waals surface area contributed by atoms with E-state index in [1.165, 1.54) is 18.9 Å². The molecule has 1 aliphatic rings. The van der Waals surface area contributed by atoms with Crippen LogP contribution in [0.5, 0.6) is 0 Å². The van der Waals surface area contributed by atoms with Gasteiger partial charge in [-0.3, -0.25) is 0 Å². The maximum absolute atomic E-state index is 13.5. The smallest absolute Gasteiger partial charge is 0.128 e. The second-order valence-electron chi connectivity index (χ2n) is 4.38. The average molecular weight is 235 g/mol. The maximum Gasteiger partial charge on any atom is 0.128 e. The van der Waals surface area contributed by atoms with Crippen molar-refractivity contribution in [3.8, 4) is 0 Å². The van der Waals surface area contributed by atoms with Crippen LogP contribution >= 0.6 is 0 Å². The Labute approximate surface area is 101 Å². The third-order valence-corrected chi connectivity index (χ3v) is 2.78. The van der Waals surface area contributed by atoms with E-state index in [4.69, 9.17) is 4.74 Å². The van der Waals surface area contributed by atoms with Crippen LogP contribution in [0.1, 0.15) is 24.0 Å². The molecule has 1 aromatic rings. The van der Waals surface area contributed by atoms with Gasteiger partial charge >= 0.3 is 0 Å². The standard InChI is InChI=1S/C14H18FNO/c1-2-7-17-10-12-8-11(3-6-14(12)15)9-16-13-4-5-13/h2-3,6,8,13,16H,1,4-5,7,9-10H2. The minimum Gasteiger partial charge on any atom is -0.373 e. The molecule has 17 heavy (non-hydrogen) atoms. The van der Waals surface area contributed by atoms with Crippen molar-refractivity contribution in [3.05, 3.63) is 47.8 Å². The van der Waals surface area contributed by atoms with Crippen molar-refractivity contribution in [2.75, 3.05) is 6.61 Å². The average Bonchev–Trinajstić information content (AvgIpc) is 3.14. The molecule has 0 radical (unpaired) electrons. The zero-order valence-electron chi connectivity index (χ0n) is 9.92. The number of halogens is 1. The Morgan fingerprint density at radius 2 is 2.29 bits per heavy atom. The summed E-state index contributed by atoms with van der Waals surface area (Å²) in [6.45, 7) is 5.11. The molecule has 0 bridgehead atoms. The molecule has 0 saturated heterocycles. The van der Waals surface area contributed by atoms with Gasteiger partial charge in [0.25, 0.3) is 0 Å². The lowest BCUT2D eigenvalue weighted by Crippen LogP contribution is -2.15. The third kappa shape index (κ3) is 3.95. The monoisotopic (exact) mass is 235 g/mol. The van der Waals surface area contributed by atoms with Crippen LogP contribution in [0.4, 0.5) is 4.39 Å². The summed E-state index contributed by atoms with van der Waals surface area (Å²) in [5.74, 6) is -0.204. The van der Waals surface area contributed by atoms with E-state index >= 15 is 0 Å². The van der Waals surface area contributed by atoms with Crippen molar-refractivity contribution in [2.45, 2.75) is 32.0 Å². The van der Waals surface area contributed by atoms with Gasteiger partial charge in [-0.15, -0.1) is 6.58 Å². The van der Waals surface area contributed by atoms with Gasteiger partial charge in [-0.05, 0) is 30.5 Å². The largest absolute Gasteiger partial charge is 0.373 e. The first-order chi connectivity index (χ1) is 8.29. The zero-order valence-corrected chi connectivity index (χ0v) is 9.92. The molecule has 0 aromatic heterocycles. The summed E-state index contributed by atoms with van der Waals surface area (Å²) in [6.07, 6.45) is 4.18. The molecule has 1 aliphatic carbocycles. The van der Waals surface area contributed by atoms with Gasteiger partial charge in [0.15, 0.2) is 0 Å². The van der Waals surface area contributed by atoms with Crippen LogP contribution < -0.4 is 5.32 Å². The molecule has 3 heteroatoms. The highest BCUT2D eigenvalue weighted by atomic mass is 19.1. The summed E-state index contributed by atoms with van der Waals surface area (Å²) in [7, 11) is 0. The molecule has 2 rings (SSSR count). The molecule has 1 saturated carbocycles. The lowest BCUT2D eigenvalue weighted by molar-refractivity contribution is 0.146. The quantitative estimate of drug-likeness (QED) is 0.579. The summed E-state index contributed by atoms with van der Waals surface area (Å²) in [4.78, 5) is 0. The number of rotatable bonds is 7. The fourth-order valence-electron chi connectivity index (χ4n) is 1.65. The molecular weight excluding hydrogens is 217 g/mol. The summed E-state index contributed by atoms with van der Waals surface area (Å²) in [6, 6.07) is 5.87. The van der Waals surface area contributed by atoms with Crippen molar-refractivity contribution >= 4 is 0 Å². The fraction of sp³-hybridized carbons (Fsp3) is 0.429. The van der Waals surface area contributed by atoms with Crippen molar-refractivity contribution < 1.29 is 9.13 Å². The molecule has 0 amide bonds. The van der Waals surface area contributed by atoms with Crippen LogP contribution in [0.2, 0.25) is 0 Å². The van der Waals surface area contributed by atoms with Crippen molar-refractivity contribution in [2.24, 2.45) is 0 Å². The van der Waals surface area contributed by atoms with Crippen LogP contribution in [0.15, 0.2) is 30.9 Å². The second-order valence-corrected chi connectivity index (χ2v) is 4.38. The van der Waals surface area contributed by atoms with E-state index in [1.54, 1.807) is 6.08 Å². The Morgan fingerprint density at radius 3 is 3.00 bits per heavy atom. The van der Waals surface area contributed by atoms with Gasteiger partial charge in [0.1, 0.15) is 5.82 Å². The number of benzene rings is 1. The van der Waals surface area contributed by atoms with E-state index in [1.807, 2.05) is 12.1 Å². The molecule has 1 aromatic carbocycles. The van der Waals surface area contributed by atoms with Crippen molar-refractivity contribution in [1.82, 2.24) is 5.32 Å². The Bertz CT molecular complexity index is 388. The zero-order chi connectivity index (χ0) is 12.1. The second kappa shape index (κ2) is 5.94. The topological polar surface area (TPSA) is 21.3 Å². The molecule has 2 nitrogen and oxygen atoms in total. The summed E-state index contributed by atoms with van der Waals surface area (Å²) in [5.41, 5.74) is 1.72. The maximum atomic E-state index is 13.5. The molecular formula is C14H18FNO. The Hall–Kier alpha value is -1.19. The Morgan fingerprint density at radius 1 is 1.47 bits per heavy atom. The molecule has 0 aliphatic heterocycles. The number of hydrogen-bond acceptors (Lipinski definition) is 2. The van der Waals surface area contributed by atoms with Gasteiger partial charge in [-0.2, -0.15) is 0 Å². The number of hydrogen-bond donors (Lipinski definition) is 1. The van der Waals surface area contributed by atoms with Crippen molar-refractivity contribution in [1.29, 1.82) is 0 Å². The van der Waals surface area contributed by atoms with Gasteiger partial charge in [-0.25, -0.2) is 4.39 Å². The van der Waals surface area contributed by atoms with E-state index in [2.05, 4.69) is 11.9 Å². The lowest BCUT2D eigenvalue weighted by atomic mass is 10.1. The molecule has 0 unspecified atom stereocenters. The van der Waals surface area contributed by atoms with Gasteiger partial charge in [0.05, 0.1) is 13.2 Å². The fourth-order valence-corrected chi connectivity index (χ4v) is 1.65. The summed E-state index contributed by atoms with van der Waals surface area (Å²) in [5, 5.41) is 3.41. The van der Waals surface area contributed by atoms with Crippen LogP contribution in [0.25, 0.3) is 0 Å². The molecule has 0 atom stereocenters. The SMILES string of the molecule is C=CCOCc1cc(CNC2CC2)ccc1F. The van der Waals surface area contributed by atoms with Crippen LogP contribution in [0.3, 0.4) is 0 Å². The van der Waals surface area contributed by atoms with E-state index in [-0.39, 0.29) is 5.82 Å². The highest BCUT2D eigenvalue weighted by Gasteiger charge is 2.20. The van der Waals surface area contributed by atoms with Gasteiger partial charge in [0, 0.05) is 18.2 Å². The molecule has 1 fully saturated rings. The third-order valence-electron chi connectivity index (χ3n) is 2.78. The van der Waals surface area contributed by atoms with Crippen LogP contribution in [-0.4, -0.2) is 12.6 Å². The number of ether oxygens (including phenoxy) is 1. The van der Waals surface area contributed by atoms with Crippen LogP contribution in [0, 0.1) is 5.82 Å². The Kier molecular flexibility index (Phi) is 4.29. The lowest BCUT2D eigenvalue weighted by Gasteiger charge is -2.08. The van der Waals surface area contributed by atoms with E-state index < -0.39 is 0 Å². The van der Waals surface area contributed by atoms with E-state index in [9.17, 15) is 4.39 Å². The van der Waals surface area contributed by atoms with Crippen LogP contribution in [-0.2, 0) is 17.9 Å². The highest BCUT2D eigenvalue weighted by Crippen LogP contribution is 2.20. The minimum absolute atomic E-state index is 0.204.